The molecule has 3 N–H and O–H groups in total. The van der Waals surface area contributed by atoms with Crippen LogP contribution in [0.3, 0.4) is 0 Å². The van der Waals surface area contributed by atoms with Gasteiger partial charge in [0.25, 0.3) is 11.8 Å². The molecule has 8 heteroatoms. The van der Waals surface area contributed by atoms with E-state index < -0.39 is 6.04 Å². The third-order valence-electron chi connectivity index (χ3n) is 4.92. The molecule has 0 fully saturated rings. The monoisotopic (exact) mass is 434 g/mol. The van der Waals surface area contributed by atoms with Crippen molar-refractivity contribution < 1.29 is 18.9 Å². The smallest absolute Gasteiger partial charge is 0.260 e. The number of benzene rings is 2. The van der Waals surface area contributed by atoms with E-state index >= 15 is 0 Å². The second kappa shape index (κ2) is 9.91. The van der Waals surface area contributed by atoms with Gasteiger partial charge in [-0.15, -0.1) is 0 Å². The average molecular weight is 434 g/mol. The topological polar surface area (TPSA) is 113 Å². The van der Waals surface area contributed by atoms with Crippen LogP contribution in [-0.4, -0.2) is 28.9 Å². The van der Waals surface area contributed by atoms with Crippen molar-refractivity contribution in [1.82, 2.24) is 10.5 Å². The molecule has 0 spiro atoms. The van der Waals surface area contributed by atoms with Crippen molar-refractivity contribution in [1.29, 1.82) is 0 Å². The average Bonchev–Trinajstić information content (AvgIpc) is 3.19. The molecule has 3 aromatic rings. The fourth-order valence-corrected chi connectivity index (χ4v) is 3.12. The van der Waals surface area contributed by atoms with Crippen LogP contribution in [0.4, 0.5) is 11.4 Å². The summed E-state index contributed by atoms with van der Waals surface area (Å²) in [6, 6.07) is 13.2. The highest BCUT2D eigenvalue weighted by Gasteiger charge is 2.25. The molecule has 1 unspecified atom stereocenters. The molecule has 1 aromatic heterocycles. The summed E-state index contributed by atoms with van der Waals surface area (Å²) in [7, 11) is 0. The van der Waals surface area contributed by atoms with Crippen molar-refractivity contribution >= 4 is 29.1 Å². The van der Waals surface area contributed by atoms with Crippen LogP contribution in [0.25, 0.3) is 0 Å². The standard InChI is InChI=1S/C24H26N4O4/c1-14(2)21(28-22(29)17-7-5-6-15(3)12-17)24(31)27-19-10-8-18(9-11-19)26-23(30)20-13-25-32-16(20)4/h5-14,21H,1-4H3,(H,26,30)(H,27,31)(H,28,29). The van der Waals surface area contributed by atoms with Gasteiger partial charge in [-0.3, -0.25) is 14.4 Å². The summed E-state index contributed by atoms with van der Waals surface area (Å²) >= 11 is 0. The molecule has 0 radical (unpaired) electrons. The van der Waals surface area contributed by atoms with Crippen LogP contribution in [0.5, 0.6) is 0 Å². The molecule has 3 rings (SSSR count). The number of aryl methyl sites for hydroxylation is 2. The zero-order valence-electron chi connectivity index (χ0n) is 18.4. The van der Waals surface area contributed by atoms with Gasteiger partial charge in [-0.1, -0.05) is 36.7 Å². The minimum Gasteiger partial charge on any atom is -0.361 e. The van der Waals surface area contributed by atoms with Gasteiger partial charge < -0.3 is 20.5 Å². The fraction of sp³-hybridized carbons (Fsp3) is 0.250. The van der Waals surface area contributed by atoms with E-state index in [4.69, 9.17) is 4.52 Å². The highest BCUT2D eigenvalue weighted by atomic mass is 16.5. The molecule has 32 heavy (non-hydrogen) atoms. The quantitative estimate of drug-likeness (QED) is 0.521. The molecule has 3 amide bonds. The number of aromatic nitrogens is 1. The normalized spacial score (nSPS) is 11.7. The molecule has 8 nitrogen and oxygen atoms in total. The number of amides is 3. The first kappa shape index (κ1) is 22.7. The lowest BCUT2D eigenvalue weighted by Gasteiger charge is -2.22. The largest absolute Gasteiger partial charge is 0.361 e. The molecule has 0 aliphatic heterocycles. The van der Waals surface area contributed by atoms with Gasteiger partial charge in [-0.2, -0.15) is 0 Å². The molecule has 0 aliphatic rings. The molecule has 0 aliphatic carbocycles. The fourth-order valence-electron chi connectivity index (χ4n) is 3.12. The number of carbonyl (C=O) groups is 3. The molecule has 166 valence electrons. The maximum Gasteiger partial charge on any atom is 0.260 e. The molecular weight excluding hydrogens is 408 g/mol. The van der Waals surface area contributed by atoms with Crippen LogP contribution in [0.1, 0.15) is 45.9 Å². The van der Waals surface area contributed by atoms with Crippen molar-refractivity contribution in [3.63, 3.8) is 0 Å². The number of hydrogen-bond acceptors (Lipinski definition) is 5. The lowest BCUT2D eigenvalue weighted by atomic mass is 10.0. The molecular formula is C24H26N4O4. The van der Waals surface area contributed by atoms with Gasteiger partial charge >= 0.3 is 0 Å². The van der Waals surface area contributed by atoms with Crippen LogP contribution in [0, 0.1) is 19.8 Å². The van der Waals surface area contributed by atoms with E-state index in [1.54, 1.807) is 49.4 Å². The van der Waals surface area contributed by atoms with Gasteiger partial charge in [0.1, 0.15) is 17.4 Å². The molecule has 1 heterocycles. The van der Waals surface area contributed by atoms with Crippen molar-refractivity contribution in [2.45, 2.75) is 33.7 Å². The summed E-state index contributed by atoms with van der Waals surface area (Å²) in [5, 5.41) is 12.0. The Morgan fingerprint density at radius 1 is 0.906 bits per heavy atom. The van der Waals surface area contributed by atoms with Gasteiger partial charge in [-0.25, -0.2) is 0 Å². The van der Waals surface area contributed by atoms with Crippen LogP contribution >= 0.6 is 0 Å². The van der Waals surface area contributed by atoms with Gasteiger partial charge in [-0.05, 0) is 56.2 Å². The van der Waals surface area contributed by atoms with Gasteiger partial charge in [0.15, 0.2) is 0 Å². The number of anilines is 2. The molecule has 0 saturated heterocycles. The summed E-state index contributed by atoms with van der Waals surface area (Å²) in [6.45, 7) is 7.30. The Bertz CT molecular complexity index is 1120. The second-order valence-corrected chi connectivity index (χ2v) is 7.88. The highest BCUT2D eigenvalue weighted by Crippen LogP contribution is 2.17. The summed E-state index contributed by atoms with van der Waals surface area (Å²) in [6.07, 6.45) is 1.36. The molecule has 0 saturated carbocycles. The lowest BCUT2D eigenvalue weighted by molar-refractivity contribution is -0.118. The Hall–Kier alpha value is -3.94. The third kappa shape index (κ3) is 5.60. The number of nitrogens with zero attached hydrogens (tertiary/aromatic N) is 1. The zero-order chi connectivity index (χ0) is 23.3. The van der Waals surface area contributed by atoms with Gasteiger partial charge in [0, 0.05) is 16.9 Å². The number of nitrogens with one attached hydrogen (secondary N) is 3. The Morgan fingerprint density at radius 2 is 1.56 bits per heavy atom. The molecule has 1 atom stereocenters. The Kier molecular flexibility index (Phi) is 7.04. The third-order valence-corrected chi connectivity index (χ3v) is 4.92. The van der Waals surface area contributed by atoms with Gasteiger partial charge in [0.2, 0.25) is 5.91 Å². The Balaban J connectivity index is 1.63. The minimum atomic E-state index is -0.709. The maximum atomic E-state index is 12.8. The first-order chi connectivity index (χ1) is 15.2. The number of carbonyl (C=O) groups excluding carboxylic acids is 3. The molecule has 0 bridgehead atoms. The summed E-state index contributed by atoms with van der Waals surface area (Å²) in [5.74, 6) is -0.644. The number of rotatable bonds is 7. The minimum absolute atomic E-state index is 0.117. The van der Waals surface area contributed by atoms with E-state index in [2.05, 4.69) is 21.1 Å². The van der Waals surface area contributed by atoms with Gasteiger partial charge in [0.05, 0.1) is 6.20 Å². The number of hydrogen-bond donors (Lipinski definition) is 3. The van der Waals surface area contributed by atoms with Crippen molar-refractivity contribution in [3.8, 4) is 0 Å². The van der Waals surface area contributed by atoms with Crippen LogP contribution < -0.4 is 16.0 Å². The van der Waals surface area contributed by atoms with Crippen LogP contribution in [0.2, 0.25) is 0 Å². The summed E-state index contributed by atoms with van der Waals surface area (Å²) in [5.41, 5.74) is 2.93. The maximum absolute atomic E-state index is 12.8. The highest BCUT2D eigenvalue weighted by molar-refractivity contribution is 6.05. The van der Waals surface area contributed by atoms with E-state index in [-0.39, 0.29) is 23.6 Å². The molecule has 2 aromatic carbocycles. The van der Waals surface area contributed by atoms with Crippen molar-refractivity contribution in [3.05, 3.63) is 77.2 Å². The lowest BCUT2D eigenvalue weighted by Crippen LogP contribution is -2.47. The second-order valence-electron chi connectivity index (χ2n) is 7.88. The first-order valence-corrected chi connectivity index (χ1v) is 10.3. The van der Waals surface area contributed by atoms with Crippen LogP contribution in [0.15, 0.2) is 59.3 Å². The Morgan fingerprint density at radius 3 is 2.12 bits per heavy atom. The van der Waals surface area contributed by atoms with E-state index in [1.807, 2.05) is 26.8 Å². The first-order valence-electron chi connectivity index (χ1n) is 10.3. The van der Waals surface area contributed by atoms with E-state index in [0.717, 1.165) is 5.56 Å². The summed E-state index contributed by atoms with van der Waals surface area (Å²) in [4.78, 5) is 37.7. The SMILES string of the molecule is Cc1cccc(C(=O)NC(C(=O)Nc2ccc(NC(=O)c3cnoc3C)cc2)C(C)C)c1. The van der Waals surface area contributed by atoms with Crippen molar-refractivity contribution in [2.24, 2.45) is 5.92 Å². The van der Waals surface area contributed by atoms with Crippen LogP contribution in [-0.2, 0) is 4.79 Å². The van der Waals surface area contributed by atoms with E-state index in [0.29, 0.717) is 28.3 Å². The van der Waals surface area contributed by atoms with Crippen molar-refractivity contribution in [2.75, 3.05) is 10.6 Å². The predicted molar refractivity (Wildman–Crippen MR) is 122 cm³/mol. The zero-order valence-corrected chi connectivity index (χ0v) is 18.4. The van der Waals surface area contributed by atoms with E-state index in [1.165, 1.54) is 6.20 Å². The summed E-state index contributed by atoms with van der Waals surface area (Å²) < 4.78 is 4.90. The van der Waals surface area contributed by atoms with E-state index in [9.17, 15) is 14.4 Å². The Labute approximate surface area is 186 Å². The predicted octanol–water partition coefficient (Wildman–Crippen LogP) is 3.94.